The number of rotatable bonds is 4. The van der Waals surface area contributed by atoms with Crippen LogP contribution in [0.25, 0.3) is 11.3 Å². The first-order valence-corrected chi connectivity index (χ1v) is 7.42. The number of aryl methyl sites for hydroxylation is 1. The van der Waals surface area contributed by atoms with Gasteiger partial charge >= 0.3 is 5.97 Å². The van der Waals surface area contributed by atoms with E-state index < -0.39 is 0 Å². The van der Waals surface area contributed by atoms with E-state index in [1.54, 1.807) is 0 Å². The molecule has 1 saturated carbocycles. The summed E-state index contributed by atoms with van der Waals surface area (Å²) in [5, 5.41) is 4.06. The van der Waals surface area contributed by atoms with Crippen LogP contribution in [0.2, 0.25) is 0 Å². The second-order valence-corrected chi connectivity index (χ2v) is 5.58. The average Bonchev–Trinajstić information content (AvgIpc) is 3.17. The van der Waals surface area contributed by atoms with Crippen LogP contribution in [0.1, 0.15) is 37.0 Å². The van der Waals surface area contributed by atoms with Gasteiger partial charge < -0.3 is 9.26 Å². The number of carbonyl (C=O) groups is 1. The molecular formula is C17H19NO3. The van der Waals surface area contributed by atoms with Gasteiger partial charge in [0, 0.05) is 11.6 Å². The van der Waals surface area contributed by atoms with Crippen molar-refractivity contribution in [1.82, 2.24) is 5.16 Å². The summed E-state index contributed by atoms with van der Waals surface area (Å²) in [6, 6.07) is 9.83. The van der Waals surface area contributed by atoms with Crippen LogP contribution in [0.3, 0.4) is 0 Å². The largest absolute Gasteiger partial charge is 0.457 e. The Kier molecular flexibility index (Phi) is 4.04. The standard InChI is InChI=1S/C17H19NO3/c1-12-6-2-5-9-15(12)16-10-14(21-18-16)11-20-17(19)13-7-3-4-8-13/h2,5-6,9-10,13H,3-4,7-8,11H2,1H3. The fourth-order valence-electron chi connectivity index (χ4n) is 2.79. The maximum atomic E-state index is 11.9. The molecule has 0 atom stereocenters. The molecule has 0 aliphatic heterocycles. The van der Waals surface area contributed by atoms with Gasteiger partial charge in [-0.15, -0.1) is 0 Å². The predicted octanol–water partition coefficient (Wildman–Crippen LogP) is 3.88. The van der Waals surface area contributed by atoms with Gasteiger partial charge in [-0.1, -0.05) is 42.3 Å². The second kappa shape index (κ2) is 6.12. The lowest BCUT2D eigenvalue weighted by Crippen LogP contribution is -2.14. The van der Waals surface area contributed by atoms with Crippen LogP contribution in [-0.2, 0) is 16.1 Å². The van der Waals surface area contributed by atoms with Gasteiger partial charge in [-0.3, -0.25) is 4.79 Å². The predicted molar refractivity (Wildman–Crippen MR) is 78.4 cm³/mol. The van der Waals surface area contributed by atoms with Gasteiger partial charge in [0.2, 0.25) is 0 Å². The molecule has 0 unspecified atom stereocenters. The van der Waals surface area contributed by atoms with E-state index in [-0.39, 0.29) is 18.5 Å². The molecule has 110 valence electrons. The molecule has 21 heavy (non-hydrogen) atoms. The van der Waals surface area contributed by atoms with Crippen molar-refractivity contribution < 1.29 is 14.1 Å². The van der Waals surface area contributed by atoms with E-state index in [1.165, 1.54) is 0 Å². The maximum absolute atomic E-state index is 11.9. The minimum atomic E-state index is -0.110. The Hall–Kier alpha value is -2.10. The summed E-state index contributed by atoms with van der Waals surface area (Å²) in [4.78, 5) is 11.9. The number of benzene rings is 1. The molecule has 0 radical (unpaired) electrons. The molecule has 1 aliphatic rings. The lowest BCUT2D eigenvalue weighted by atomic mass is 10.1. The average molecular weight is 285 g/mol. The van der Waals surface area contributed by atoms with Gasteiger partial charge in [0.05, 0.1) is 5.92 Å². The van der Waals surface area contributed by atoms with Crippen molar-refractivity contribution in [3.63, 3.8) is 0 Å². The Morgan fingerprint density at radius 3 is 2.86 bits per heavy atom. The number of aromatic nitrogens is 1. The quantitative estimate of drug-likeness (QED) is 0.800. The van der Waals surface area contributed by atoms with Crippen molar-refractivity contribution in [2.24, 2.45) is 5.92 Å². The fourth-order valence-corrected chi connectivity index (χ4v) is 2.79. The Morgan fingerprint density at radius 2 is 2.10 bits per heavy atom. The maximum Gasteiger partial charge on any atom is 0.309 e. The molecule has 0 spiro atoms. The van der Waals surface area contributed by atoms with Gasteiger partial charge in [0.1, 0.15) is 5.69 Å². The zero-order valence-electron chi connectivity index (χ0n) is 12.2. The number of esters is 1. The second-order valence-electron chi connectivity index (χ2n) is 5.58. The Balaban J connectivity index is 1.63. The third-order valence-corrected chi connectivity index (χ3v) is 4.03. The zero-order chi connectivity index (χ0) is 14.7. The Morgan fingerprint density at radius 1 is 1.33 bits per heavy atom. The summed E-state index contributed by atoms with van der Waals surface area (Å²) < 4.78 is 10.6. The lowest BCUT2D eigenvalue weighted by molar-refractivity contribution is -0.150. The number of nitrogens with zero attached hydrogens (tertiary/aromatic N) is 1. The van der Waals surface area contributed by atoms with E-state index in [9.17, 15) is 4.79 Å². The first-order valence-electron chi connectivity index (χ1n) is 7.42. The number of hydrogen-bond acceptors (Lipinski definition) is 4. The molecule has 0 N–H and O–H groups in total. The van der Waals surface area contributed by atoms with Crippen LogP contribution < -0.4 is 0 Å². The van der Waals surface area contributed by atoms with Gasteiger partial charge in [0.25, 0.3) is 0 Å². The van der Waals surface area contributed by atoms with Crippen molar-refractivity contribution in [3.05, 3.63) is 41.7 Å². The van der Waals surface area contributed by atoms with E-state index in [2.05, 4.69) is 5.16 Å². The smallest absolute Gasteiger partial charge is 0.309 e. The summed E-state index contributed by atoms with van der Waals surface area (Å²) in [5.74, 6) is 0.546. The molecule has 0 saturated heterocycles. The SMILES string of the molecule is Cc1ccccc1-c1cc(COC(=O)C2CCCC2)on1. The third-order valence-electron chi connectivity index (χ3n) is 4.03. The highest BCUT2D eigenvalue weighted by atomic mass is 16.5. The van der Waals surface area contributed by atoms with Crippen LogP contribution >= 0.6 is 0 Å². The van der Waals surface area contributed by atoms with E-state index >= 15 is 0 Å². The van der Waals surface area contributed by atoms with E-state index in [4.69, 9.17) is 9.26 Å². The summed E-state index contributed by atoms with van der Waals surface area (Å²) in [6.45, 7) is 2.19. The highest BCUT2D eigenvalue weighted by Gasteiger charge is 2.24. The molecule has 1 aliphatic carbocycles. The van der Waals surface area contributed by atoms with Gasteiger partial charge in [-0.05, 0) is 25.3 Å². The Labute approximate surface area is 124 Å². The molecule has 2 aromatic rings. The molecule has 1 aromatic heterocycles. The summed E-state index contributed by atoms with van der Waals surface area (Å²) in [5.41, 5.74) is 2.95. The Bertz CT molecular complexity index is 626. The molecule has 3 rings (SSSR count). The first-order chi connectivity index (χ1) is 10.2. The van der Waals surface area contributed by atoms with E-state index in [0.29, 0.717) is 5.76 Å². The molecule has 1 heterocycles. The molecule has 1 fully saturated rings. The monoisotopic (exact) mass is 285 g/mol. The molecular weight excluding hydrogens is 266 g/mol. The molecule has 4 nitrogen and oxygen atoms in total. The van der Waals surface area contributed by atoms with Gasteiger partial charge in [-0.25, -0.2) is 0 Å². The summed E-state index contributed by atoms with van der Waals surface area (Å²) in [6.07, 6.45) is 4.15. The number of ether oxygens (including phenoxy) is 1. The van der Waals surface area contributed by atoms with Crippen LogP contribution in [0.15, 0.2) is 34.9 Å². The molecule has 0 bridgehead atoms. The highest BCUT2D eigenvalue weighted by molar-refractivity contribution is 5.72. The van der Waals surface area contributed by atoms with Crippen LogP contribution in [0.5, 0.6) is 0 Å². The zero-order valence-corrected chi connectivity index (χ0v) is 12.2. The third kappa shape index (κ3) is 3.15. The minimum absolute atomic E-state index is 0.0729. The topological polar surface area (TPSA) is 52.3 Å². The molecule has 0 amide bonds. The van der Waals surface area contributed by atoms with Crippen LogP contribution in [-0.4, -0.2) is 11.1 Å². The van der Waals surface area contributed by atoms with Crippen molar-refractivity contribution in [2.75, 3.05) is 0 Å². The first kappa shape index (κ1) is 13.9. The summed E-state index contributed by atoms with van der Waals surface area (Å²) in [7, 11) is 0. The number of carbonyl (C=O) groups excluding carboxylic acids is 1. The van der Waals surface area contributed by atoms with Crippen molar-refractivity contribution in [1.29, 1.82) is 0 Å². The highest BCUT2D eigenvalue weighted by Crippen LogP contribution is 2.27. The van der Waals surface area contributed by atoms with Crippen LogP contribution in [0, 0.1) is 12.8 Å². The lowest BCUT2D eigenvalue weighted by Gasteiger charge is -2.07. The van der Waals surface area contributed by atoms with Crippen molar-refractivity contribution in [3.8, 4) is 11.3 Å². The fraction of sp³-hybridized carbons (Fsp3) is 0.412. The van der Waals surface area contributed by atoms with Crippen molar-refractivity contribution >= 4 is 5.97 Å². The van der Waals surface area contributed by atoms with Crippen LogP contribution in [0.4, 0.5) is 0 Å². The molecule has 1 aromatic carbocycles. The molecule has 4 heteroatoms. The number of hydrogen-bond donors (Lipinski definition) is 0. The van der Waals surface area contributed by atoms with Gasteiger partial charge in [0.15, 0.2) is 12.4 Å². The normalized spacial score (nSPS) is 15.3. The van der Waals surface area contributed by atoms with Gasteiger partial charge in [-0.2, -0.15) is 0 Å². The van der Waals surface area contributed by atoms with Crippen molar-refractivity contribution in [2.45, 2.75) is 39.2 Å². The van der Waals surface area contributed by atoms with E-state index in [1.807, 2.05) is 37.3 Å². The minimum Gasteiger partial charge on any atom is -0.457 e. The van der Waals surface area contributed by atoms with E-state index in [0.717, 1.165) is 42.5 Å². The summed E-state index contributed by atoms with van der Waals surface area (Å²) >= 11 is 0.